The molecule has 2 rings (SSSR count). The van der Waals surface area contributed by atoms with E-state index in [2.05, 4.69) is 27.8 Å². The van der Waals surface area contributed by atoms with Crippen LogP contribution in [0.15, 0.2) is 30.3 Å². The van der Waals surface area contributed by atoms with Gasteiger partial charge in [-0.3, -0.25) is 4.79 Å². The highest BCUT2D eigenvalue weighted by Crippen LogP contribution is 2.21. The largest absolute Gasteiger partial charge is 0.385 e. The molecule has 0 aliphatic heterocycles. The molecule has 1 heterocycles. The third-order valence-corrected chi connectivity index (χ3v) is 3.71. The smallest absolute Gasteiger partial charge is 0.276 e. The van der Waals surface area contributed by atoms with Crippen molar-refractivity contribution in [3.05, 3.63) is 47.2 Å². The van der Waals surface area contributed by atoms with Crippen molar-refractivity contribution in [3.8, 4) is 0 Å². The summed E-state index contributed by atoms with van der Waals surface area (Å²) in [4.78, 5) is 12.4. The second-order valence-corrected chi connectivity index (χ2v) is 5.49. The van der Waals surface area contributed by atoms with Crippen LogP contribution in [0.5, 0.6) is 0 Å². The molecule has 0 radical (unpaired) electrons. The Balaban J connectivity index is 2.00. The Morgan fingerprint density at radius 1 is 1.21 bits per heavy atom. The Labute approximate surface area is 142 Å². The highest BCUT2D eigenvalue weighted by molar-refractivity contribution is 6.03. The molecule has 2 N–H and O–H groups in total. The molecular weight excluding hydrogens is 304 g/mol. The Morgan fingerprint density at radius 3 is 2.71 bits per heavy atom. The van der Waals surface area contributed by atoms with Gasteiger partial charge in [0, 0.05) is 25.9 Å². The predicted molar refractivity (Wildman–Crippen MR) is 95.5 cm³/mol. The monoisotopic (exact) mass is 328 g/mol. The number of ether oxygens (including phenoxy) is 1. The fourth-order valence-corrected chi connectivity index (χ4v) is 2.36. The number of anilines is 2. The number of methoxy groups -OCH3 is 1. The average Bonchev–Trinajstić information content (AvgIpc) is 2.61. The molecule has 0 aliphatic rings. The van der Waals surface area contributed by atoms with E-state index in [1.54, 1.807) is 19.2 Å². The highest BCUT2D eigenvalue weighted by Gasteiger charge is 2.12. The maximum Gasteiger partial charge on any atom is 0.276 e. The Hall–Kier alpha value is -2.47. The standard InChI is InChI=1S/C18H24N4O2/c1-4-14-8-5-7-13(2)17(14)20-18(23)15-9-10-16(22-21-15)19-11-6-12-24-3/h5,7-10H,4,6,11-12H2,1-3H3,(H,19,22)(H,20,23). The second-order valence-electron chi connectivity index (χ2n) is 5.49. The van der Waals surface area contributed by atoms with Gasteiger partial charge in [0.15, 0.2) is 5.69 Å². The van der Waals surface area contributed by atoms with Crippen molar-refractivity contribution in [2.75, 3.05) is 30.9 Å². The lowest BCUT2D eigenvalue weighted by molar-refractivity contribution is 0.102. The zero-order chi connectivity index (χ0) is 17.4. The molecule has 6 nitrogen and oxygen atoms in total. The molecule has 0 fully saturated rings. The molecule has 0 saturated heterocycles. The zero-order valence-electron chi connectivity index (χ0n) is 14.4. The van der Waals surface area contributed by atoms with Crippen molar-refractivity contribution < 1.29 is 9.53 Å². The molecule has 0 unspecified atom stereocenters. The van der Waals surface area contributed by atoms with Gasteiger partial charge in [0.2, 0.25) is 0 Å². The Morgan fingerprint density at radius 2 is 2.04 bits per heavy atom. The number of nitrogens with one attached hydrogen (secondary N) is 2. The topological polar surface area (TPSA) is 76.1 Å². The molecule has 1 aromatic heterocycles. The molecule has 1 amide bonds. The first-order valence-corrected chi connectivity index (χ1v) is 8.12. The van der Waals surface area contributed by atoms with Gasteiger partial charge in [-0.2, -0.15) is 0 Å². The maximum absolute atomic E-state index is 12.4. The van der Waals surface area contributed by atoms with Crippen molar-refractivity contribution in [1.29, 1.82) is 0 Å². The summed E-state index contributed by atoms with van der Waals surface area (Å²) in [6.07, 6.45) is 1.74. The quantitative estimate of drug-likeness (QED) is 0.728. The summed E-state index contributed by atoms with van der Waals surface area (Å²) in [6, 6.07) is 9.42. The summed E-state index contributed by atoms with van der Waals surface area (Å²) in [5.74, 6) is 0.394. The molecular formula is C18H24N4O2. The van der Waals surface area contributed by atoms with Crippen LogP contribution in [0, 0.1) is 6.92 Å². The summed E-state index contributed by atoms with van der Waals surface area (Å²) >= 11 is 0. The van der Waals surface area contributed by atoms with Crippen LogP contribution in [0.2, 0.25) is 0 Å². The van der Waals surface area contributed by atoms with E-state index in [1.807, 2.05) is 25.1 Å². The van der Waals surface area contributed by atoms with Gasteiger partial charge >= 0.3 is 0 Å². The number of benzene rings is 1. The number of aryl methyl sites for hydroxylation is 2. The van der Waals surface area contributed by atoms with Crippen LogP contribution in [-0.4, -0.2) is 36.4 Å². The third kappa shape index (κ3) is 4.76. The lowest BCUT2D eigenvalue weighted by Crippen LogP contribution is -2.17. The second kappa shape index (κ2) is 8.98. The van der Waals surface area contributed by atoms with Crippen LogP contribution >= 0.6 is 0 Å². The van der Waals surface area contributed by atoms with E-state index in [-0.39, 0.29) is 5.91 Å². The SMILES string of the molecule is CCc1cccc(C)c1NC(=O)c1ccc(NCCCOC)nn1. The van der Waals surface area contributed by atoms with Crippen LogP contribution < -0.4 is 10.6 Å². The number of hydrogen-bond acceptors (Lipinski definition) is 5. The first-order valence-electron chi connectivity index (χ1n) is 8.12. The van der Waals surface area contributed by atoms with Gasteiger partial charge in [0.05, 0.1) is 0 Å². The molecule has 0 saturated carbocycles. The van der Waals surface area contributed by atoms with Gasteiger partial charge in [0.1, 0.15) is 5.82 Å². The number of carbonyl (C=O) groups excluding carboxylic acids is 1. The minimum atomic E-state index is -0.252. The fourth-order valence-electron chi connectivity index (χ4n) is 2.36. The van der Waals surface area contributed by atoms with Gasteiger partial charge in [-0.25, -0.2) is 0 Å². The Kier molecular flexibility index (Phi) is 6.69. The van der Waals surface area contributed by atoms with Crippen molar-refractivity contribution in [1.82, 2.24) is 10.2 Å². The lowest BCUT2D eigenvalue weighted by Gasteiger charge is -2.12. The zero-order valence-corrected chi connectivity index (χ0v) is 14.4. The molecule has 0 aliphatic carbocycles. The van der Waals surface area contributed by atoms with Gasteiger partial charge in [0.25, 0.3) is 5.91 Å². The van der Waals surface area contributed by atoms with Crippen molar-refractivity contribution in [2.24, 2.45) is 0 Å². The molecule has 0 spiro atoms. The molecule has 24 heavy (non-hydrogen) atoms. The minimum absolute atomic E-state index is 0.252. The van der Waals surface area contributed by atoms with Crippen LogP contribution in [0.1, 0.15) is 35.0 Å². The van der Waals surface area contributed by atoms with Gasteiger partial charge in [-0.05, 0) is 43.0 Å². The maximum atomic E-state index is 12.4. The first kappa shape index (κ1) is 17.9. The van der Waals surface area contributed by atoms with Crippen LogP contribution in [0.4, 0.5) is 11.5 Å². The van der Waals surface area contributed by atoms with E-state index in [4.69, 9.17) is 4.74 Å². The molecule has 0 atom stereocenters. The van der Waals surface area contributed by atoms with Crippen molar-refractivity contribution in [2.45, 2.75) is 26.7 Å². The molecule has 2 aromatic rings. The van der Waals surface area contributed by atoms with Crippen molar-refractivity contribution >= 4 is 17.4 Å². The highest BCUT2D eigenvalue weighted by atomic mass is 16.5. The van der Waals surface area contributed by atoms with E-state index in [1.165, 1.54) is 0 Å². The lowest BCUT2D eigenvalue weighted by atomic mass is 10.1. The van der Waals surface area contributed by atoms with E-state index < -0.39 is 0 Å². The summed E-state index contributed by atoms with van der Waals surface area (Å²) in [5, 5.41) is 14.1. The summed E-state index contributed by atoms with van der Waals surface area (Å²) in [7, 11) is 1.67. The summed E-state index contributed by atoms with van der Waals surface area (Å²) in [6.45, 7) is 5.48. The van der Waals surface area contributed by atoms with Gasteiger partial charge < -0.3 is 15.4 Å². The third-order valence-electron chi connectivity index (χ3n) is 3.71. The average molecular weight is 328 g/mol. The molecule has 6 heteroatoms. The number of carbonyl (C=O) groups is 1. The number of nitrogens with zero attached hydrogens (tertiary/aromatic N) is 2. The number of rotatable bonds is 8. The fraction of sp³-hybridized carbons (Fsp3) is 0.389. The summed E-state index contributed by atoms with van der Waals surface area (Å²) in [5.41, 5.74) is 3.29. The Bertz CT molecular complexity index is 671. The summed E-state index contributed by atoms with van der Waals surface area (Å²) < 4.78 is 4.99. The first-order chi connectivity index (χ1) is 11.7. The number of para-hydroxylation sites is 1. The molecule has 0 bridgehead atoms. The van der Waals surface area contributed by atoms with Crippen LogP contribution in [-0.2, 0) is 11.2 Å². The molecule has 1 aromatic carbocycles. The number of hydrogen-bond donors (Lipinski definition) is 2. The number of aromatic nitrogens is 2. The number of amides is 1. The van der Waals surface area contributed by atoms with E-state index in [0.717, 1.165) is 36.2 Å². The van der Waals surface area contributed by atoms with Gasteiger partial charge in [-0.15, -0.1) is 10.2 Å². The van der Waals surface area contributed by atoms with Crippen molar-refractivity contribution in [3.63, 3.8) is 0 Å². The van der Waals surface area contributed by atoms with E-state index >= 15 is 0 Å². The van der Waals surface area contributed by atoms with E-state index in [0.29, 0.717) is 18.1 Å². The predicted octanol–water partition coefficient (Wildman–Crippen LogP) is 3.05. The van der Waals surface area contributed by atoms with Crippen LogP contribution in [0.3, 0.4) is 0 Å². The van der Waals surface area contributed by atoms with Gasteiger partial charge in [-0.1, -0.05) is 25.1 Å². The normalized spacial score (nSPS) is 10.5. The van der Waals surface area contributed by atoms with E-state index in [9.17, 15) is 4.79 Å². The minimum Gasteiger partial charge on any atom is -0.385 e. The molecule has 128 valence electrons. The van der Waals surface area contributed by atoms with Crippen LogP contribution in [0.25, 0.3) is 0 Å².